The summed E-state index contributed by atoms with van der Waals surface area (Å²) in [5, 5.41) is 1.18. The van der Waals surface area contributed by atoms with Gasteiger partial charge in [-0.15, -0.1) is 0 Å². The van der Waals surface area contributed by atoms with E-state index in [2.05, 4.69) is 4.98 Å². The molecule has 0 amide bonds. The van der Waals surface area contributed by atoms with E-state index in [1.807, 2.05) is 18.2 Å². The number of aryl methyl sites for hydroxylation is 2. The number of rotatable bonds is 1. The van der Waals surface area contributed by atoms with E-state index in [1.165, 1.54) is 36.6 Å². The molecule has 0 fully saturated rings. The predicted molar refractivity (Wildman–Crippen MR) is 66.3 cm³/mol. The number of fused-ring (bicyclic) bond motifs is 3. The lowest BCUT2D eigenvalue weighted by atomic mass is 9.95. The third kappa shape index (κ3) is 1.62. The van der Waals surface area contributed by atoms with Gasteiger partial charge in [0.05, 0.1) is 12.7 Å². The van der Waals surface area contributed by atoms with E-state index >= 15 is 0 Å². The van der Waals surface area contributed by atoms with Gasteiger partial charge in [0.25, 0.3) is 0 Å². The smallest absolute Gasteiger partial charge is 0.337 e. The molecule has 0 unspecified atom stereocenters. The van der Waals surface area contributed by atoms with Gasteiger partial charge in [0.2, 0.25) is 0 Å². The van der Waals surface area contributed by atoms with Crippen LogP contribution in [0.25, 0.3) is 10.9 Å². The molecule has 0 atom stereocenters. The first-order valence-corrected chi connectivity index (χ1v) is 6.01. The zero-order valence-electron chi connectivity index (χ0n) is 9.88. The minimum Gasteiger partial charge on any atom is -0.465 e. The van der Waals surface area contributed by atoms with Crippen molar-refractivity contribution >= 4 is 16.9 Å². The normalized spacial score (nSPS) is 14.6. The molecule has 3 nitrogen and oxygen atoms in total. The van der Waals surface area contributed by atoms with Crippen molar-refractivity contribution in [3.8, 4) is 0 Å². The summed E-state index contributed by atoms with van der Waals surface area (Å²) < 4.78 is 4.76. The molecule has 0 radical (unpaired) electrons. The summed E-state index contributed by atoms with van der Waals surface area (Å²) in [6.07, 6.45) is 4.73. The highest BCUT2D eigenvalue weighted by atomic mass is 16.5. The molecule has 1 aliphatic rings. The van der Waals surface area contributed by atoms with Crippen molar-refractivity contribution in [2.45, 2.75) is 25.7 Å². The molecule has 0 saturated heterocycles. The highest BCUT2D eigenvalue weighted by molar-refractivity contribution is 5.96. The van der Waals surface area contributed by atoms with E-state index in [9.17, 15) is 4.79 Å². The standard InChI is InChI=1S/C14H15NO2/c1-17-14(16)9-6-7-13-11(8-9)10-4-2-3-5-12(10)15-13/h6-8,15H,2-5H2,1H3. The number of hydrogen-bond donors (Lipinski definition) is 1. The molecule has 1 aliphatic carbocycles. The van der Waals surface area contributed by atoms with Crippen LogP contribution in [0.3, 0.4) is 0 Å². The number of nitrogens with one attached hydrogen (secondary N) is 1. The van der Waals surface area contributed by atoms with Crippen molar-refractivity contribution in [1.29, 1.82) is 0 Å². The molecular formula is C14H15NO2. The van der Waals surface area contributed by atoms with Gasteiger partial charge >= 0.3 is 5.97 Å². The Balaban J connectivity index is 2.17. The fraction of sp³-hybridized carbons (Fsp3) is 0.357. The second kappa shape index (κ2) is 3.91. The minimum atomic E-state index is -0.266. The van der Waals surface area contributed by atoms with Crippen LogP contribution in [0.4, 0.5) is 0 Å². The number of aromatic nitrogens is 1. The number of hydrogen-bond acceptors (Lipinski definition) is 2. The van der Waals surface area contributed by atoms with Gasteiger partial charge in [-0.1, -0.05) is 0 Å². The van der Waals surface area contributed by atoms with Crippen molar-refractivity contribution < 1.29 is 9.53 Å². The van der Waals surface area contributed by atoms with Gasteiger partial charge in [-0.3, -0.25) is 0 Å². The third-order valence-corrected chi connectivity index (χ3v) is 3.52. The predicted octanol–water partition coefficient (Wildman–Crippen LogP) is 2.83. The molecule has 0 saturated carbocycles. The van der Waals surface area contributed by atoms with E-state index in [0.717, 1.165) is 18.4 Å². The summed E-state index contributed by atoms with van der Waals surface area (Å²) in [5.74, 6) is -0.266. The second-order valence-corrected chi connectivity index (χ2v) is 4.54. The number of H-pyrrole nitrogens is 1. The zero-order valence-corrected chi connectivity index (χ0v) is 9.88. The number of methoxy groups -OCH3 is 1. The number of aromatic amines is 1. The van der Waals surface area contributed by atoms with Gasteiger partial charge in [0.1, 0.15) is 0 Å². The lowest BCUT2D eigenvalue weighted by Gasteiger charge is -2.10. The highest BCUT2D eigenvalue weighted by Crippen LogP contribution is 2.29. The molecule has 1 aromatic carbocycles. The Bertz CT molecular complexity index is 583. The Labute approximate surface area is 99.8 Å². The lowest BCUT2D eigenvalue weighted by Crippen LogP contribution is -2.01. The molecule has 3 rings (SSSR count). The molecule has 0 aliphatic heterocycles. The summed E-state index contributed by atoms with van der Waals surface area (Å²) in [6.45, 7) is 0. The van der Waals surface area contributed by atoms with Crippen LogP contribution in [0.5, 0.6) is 0 Å². The topological polar surface area (TPSA) is 42.1 Å². The first-order chi connectivity index (χ1) is 8.29. The van der Waals surface area contributed by atoms with Crippen molar-refractivity contribution in [2.24, 2.45) is 0 Å². The van der Waals surface area contributed by atoms with Crippen molar-refractivity contribution in [3.63, 3.8) is 0 Å². The molecule has 1 aromatic heterocycles. The fourth-order valence-corrected chi connectivity index (χ4v) is 2.65. The van der Waals surface area contributed by atoms with Crippen molar-refractivity contribution in [1.82, 2.24) is 4.98 Å². The van der Waals surface area contributed by atoms with Gasteiger partial charge in [-0.05, 0) is 49.4 Å². The van der Waals surface area contributed by atoms with Crippen LogP contribution in [-0.4, -0.2) is 18.1 Å². The van der Waals surface area contributed by atoms with Gasteiger partial charge in [-0.2, -0.15) is 0 Å². The number of esters is 1. The van der Waals surface area contributed by atoms with Gasteiger partial charge < -0.3 is 9.72 Å². The Morgan fingerprint density at radius 1 is 1.29 bits per heavy atom. The molecule has 1 N–H and O–H groups in total. The minimum absolute atomic E-state index is 0.266. The zero-order chi connectivity index (χ0) is 11.8. The molecule has 88 valence electrons. The summed E-state index contributed by atoms with van der Waals surface area (Å²) in [4.78, 5) is 15.0. The molecule has 3 heteroatoms. The van der Waals surface area contributed by atoms with Crippen LogP contribution < -0.4 is 0 Å². The monoisotopic (exact) mass is 229 g/mol. The first-order valence-electron chi connectivity index (χ1n) is 6.01. The van der Waals surface area contributed by atoms with Crippen LogP contribution in [0, 0.1) is 0 Å². The van der Waals surface area contributed by atoms with E-state index in [1.54, 1.807) is 0 Å². The van der Waals surface area contributed by atoms with E-state index < -0.39 is 0 Å². The fourth-order valence-electron chi connectivity index (χ4n) is 2.65. The SMILES string of the molecule is COC(=O)c1ccc2[nH]c3c(c2c1)CCCC3. The Morgan fingerprint density at radius 2 is 2.12 bits per heavy atom. The van der Waals surface area contributed by atoms with Crippen LogP contribution in [0.2, 0.25) is 0 Å². The van der Waals surface area contributed by atoms with E-state index in [-0.39, 0.29) is 5.97 Å². The summed E-state index contributed by atoms with van der Waals surface area (Å²) >= 11 is 0. The average Bonchev–Trinajstić information content (AvgIpc) is 2.75. The largest absolute Gasteiger partial charge is 0.465 e. The molecule has 2 aromatic rings. The van der Waals surface area contributed by atoms with E-state index in [4.69, 9.17) is 4.74 Å². The molecule has 1 heterocycles. The van der Waals surface area contributed by atoms with Crippen LogP contribution >= 0.6 is 0 Å². The summed E-state index contributed by atoms with van der Waals surface area (Å²) in [7, 11) is 1.42. The second-order valence-electron chi connectivity index (χ2n) is 4.54. The lowest BCUT2D eigenvalue weighted by molar-refractivity contribution is 0.0601. The first kappa shape index (κ1) is 10.4. The van der Waals surface area contributed by atoms with Gasteiger partial charge in [0, 0.05) is 16.6 Å². The molecule has 0 spiro atoms. The maximum Gasteiger partial charge on any atom is 0.337 e. The van der Waals surface area contributed by atoms with Crippen molar-refractivity contribution in [2.75, 3.05) is 7.11 Å². The highest BCUT2D eigenvalue weighted by Gasteiger charge is 2.16. The van der Waals surface area contributed by atoms with Gasteiger partial charge in [0.15, 0.2) is 0 Å². The summed E-state index contributed by atoms with van der Waals surface area (Å²) in [5.41, 5.74) is 4.49. The Morgan fingerprint density at radius 3 is 2.94 bits per heavy atom. The van der Waals surface area contributed by atoms with Gasteiger partial charge in [-0.25, -0.2) is 4.79 Å². The van der Waals surface area contributed by atoms with E-state index in [0.29, 0.717) is 5.56 Å². The number of carbonyl (C=O) groups is 1. The van der Waals surface area contributed by atoms with Crippen molar-refractivity contribution in [3.05, 3.63) is 35.0 Å². The quantitative estimate of drug-likeness (QED) is 0.764. The van der Waals surface area contributed by atoms with Crippen LogP contribution in [0.15, 0.2) is 18.2 Å². The molecule has 17 heavy (non-hydrogen) atoms. The summed E-state index contributed by atoms with van der Waals surface area (Å²) in [6, 6.07) is 5.73. The number of carbonyl (C=O) groups excluding carboxylic acids is 1. The Kier molecular flexibility index (Phi) is 2.39. The molecule has 0 bridgehead atoms. The molecular weight excluding hydrogens is 214 g/mol. The number of ether oxygens (including phenoxy) is 1. The average molecular weight is 229 g/mol. The van der Waals surface area contributed by atoms with Crippen LogP contribution in [0.1, 0.15) is 34.5 Å². The third-order valence-electron chi connectivity index (χ3n) is 3.52. The van der Waals surface area contributed by atoms with Crippen LogP contribution in [-0.2, 0) is 17.6 Å². The Hall–Kier alpha value is -1.77. The maximum atomic E-state index is 11.5. The number of benzene rings is 1. The maximum absolute atomic E-state index is 11.5.